The monoisotopic (exact) mass is 353 g/mol. The Morgan fingerprint density at radius 1 is 1.20 bits per heavy atom. The van der Waals surface area contributed by atoms with Gasteiger partial charge < -0.3 is 10.1 Å². The largest absolute Gasteiger partial charge is 0.497 e. The topological polar surface area (TPSA) is 21.3 Å². The molecule has 0 fully saturated rings. The standard InChI is InChI=1S/C16H17BrClNO/c1-11-9-14(17)16(10-15(11)18)19-8-7-12-3-5-13(20-2)6-4-12/h3-6,9-10,19H,7-8H2,1-2H3. The maximum Gasteiger partial charge on any atom is 0.118 e. The van der Waals surface area contributed by atoms with Crippen LogP contribution in [0.3, 0.4) is 0 Å². The number of hydrogen-bond acceptors (Lipinski definition) is 2. The predicted octanol–water partition coefficient (Wildman–Crippen LogP) is 5.07. The number of hydrogen-bond donors (Lipinski definition) is 1. The highest BCUT2D eigenvalue weighted by atomic mass is 79.9. The fourth-order valence-corrected chi connectivity index (χ4v) is 2.68. The summed E-state index contributed by atoms with van der Waals surface area (Å²) < 4.78 is 6.18. The van der Waals surface area contributed by atoms with Crippen molar-refractivity contribution in [3.05, 3.63) is 57.0 Å². The molecule has 0 aliphatic rings. The average Bonchev–Trinajstić information content (AvgIpc) is 2.45. The van der Waals surface area contributed by atoms with E-state index in [1.807, 2.05) is 31.2 Å². The third kappa shape index (κ3) is 3.90. The Morgan fingerprint density at radius 3 is 2.55 bits per heavy atom. The van der Waals surface area contributed by atoms with E-state index in [1.165, 1.54) is 5.56 Å². The van der Waals surface area contributed by atoms with Gasteiger partial charge in [0.1, 0.15) is 5.75 Å². The number of benzene rings is 2. The minimum Gasteiger partial charge on any atom is -0.497 e. The van der Waals surface area contributed by atoms with E-state index in [0.29, 0.717) is 0 Å². The van der Waals surface area contributed by atoms with Crippen LogP contribution in [-0.2, 0) is 6.42 Å². The second-order valence-corrected chi connectivity index (χ2v) is 5.87. The first kappa shape index (κ1) is 15.2. The van der Waals surface area contributed by atoms with Crippen molar-refractivity contribution in [2.75, 3.05) is 19.0 Å². The molecule has 2 aromatic rings. The Morgan fingerprint density at radius 2 is 1.90 bits per heavy atom. The van der Waals surface area contributed by atoms with Crippen LogP contribution in [0.5, 0.6) is 5.75 Å². The lowest BCUT2D eigenvalue weighted by Gasteiger charge is -2.11. The third-order valence-electron chi connectivity index (χ3n) is 3.14. The number of aryl methyl sites for hydroxylation is 1. The minimum atomic E-state index is 0.778. The fraction of sp³-hybridized carbons (Fsp3) is 0.250. The molecule has 0 bridgehead atoms. The Hall–Kier alpha value is -1.19. The Bertz CT molecular complexity index is 584. The van der Waals surface area contributed by atoms with E-state index in [4.69, 9.17) is 16.3 Å². The molecule has 0 unspecified atom stereocenters. The van der Waals surface area contributed by atoms with Gasteiger partial charge in [-0.15, -0.1) is 0 Å². The summed E-state index contributed by atoms with van der Waals surface area (Å²) >= 11 is 9.69. The first-order chi connectivity index (χ1) is 9.60. The molecule has 106 valence electrons. The van der Waals surface area contributed by atoms with E-state index in [-0.39, 0.29) is 0 Å². The molecule has 1 N–H and O–H groups in total. The van der Waals surface area contributed by atoms with Gasteiger partial charge in [-0.25, -0.2) is 0 Å². The van der Waals surface area contributed by atoms with Gasteiger partial charge in [0.25, 0.3) is 0 Å². The first-order valence-electron chi connectivity index (χ1n) is 6.42. The zero-order valence-electron chi connectivity index (χ0n) is 11.5. The van der Waals surface area contributed by atoms with Gasteiger partial charge in [-0.05, 0) is 64.7 Å². The van der Waals surface area contributed by atoms with Crippen LogP contribution in [0.15, 0.2) is 40.9 Å². The molecule has 2 nitrogen and oxygen atoms in total. The number of nitrogens with one attached hydrogen (secondary N) is 1. The van der Waals surface area contributed by atoms with Gasteiger partial charge in [0, 0.05) is 21.7 Å². The molecule has 0 amide bonds. The zero-order chi connectivity index (χ0) is 14.5. The van der Waals surface area contributed by atoms with Crippen LogP contribution < -0.4 is 10.1 Å². The van der Waals surface area contributed by atoms with Crippen molar-refractivity contribution < 1.29 is 4.74 Å². The van der Waals surface area contributed by atoms with E-state index in [2.05, 4.69) is 33.4 Å². The molecule has 0 atom stereocenters. The van der Waals surface area contributed by atoms with E-state index < -0.39 is 0 Å². The summed E-state index contributed by atoms with van der Waals surface area (Å²) in [5.74, 6) is 0.884. The highest BCUT2D eigenvalue weighted by molar-refractivity contribution is 9.10. The second kappa shape index (κ2) is 7.00. The Kier molecular flexibility index (Phi) is 5.32. The predicted molar refractivity (Wildman–Crippen MR) is 89.1 cm³/mol. The highest BCUT2D eigenvalue weighted by Crippen LogP contribution is 2.29. The fourth-order valence-electron chi connectivity index (χ4n) is 1.92. The van der Waals surface area contributed by atoms with E-state index in [9.17, 15) is 0 Å². The van der Waals surface area contributed by atoms with Crippen LogP contribution >= 0.6 is 27.5 Å². The van der Waals surface area contributed by atoms with E-state index in [1.54, 1.807) is 7.11 Å². The van der Waals surface area contributed by atoms with E-state index in [0.717, 1.165) is 39.5 Å². The van der Waals surface area contributed by atoms with Gasteiger partial charge in [0.05, 0.1) is 7.11 Å². The van der Waals surface area contributed by atoms with Gasteiger partial charge >= 0.3 is 0 Å². The lowest BCUT2D eigenvalue weighted by atomic mass is 10.1. The second-order valence-electron chi connectivity index (χ2n) is 4.61. The van der Waals surface area contributed by atoms with Crippen LogP contribution in [0.25, 0.3) is 0 Å². The molecule has 4 heteroatoms. The average molecular weight is 355 g/mol. The minimum absolute atomic E-state index is 0.778. The summed E-state index contributed by atoms with van der Waals surface area (Å²) in [5.41, 5.74) is 3.36. The van der Waals surface area contributed by atoms with Crippen LogP contribution in [-0.4, -0.2) is 13.7 Å². The number of methoxy groups -OCH3 is 1. The lowest BCUT2D eigenvalue weighted by molar-refractivity contribution is 0.414. The van der Waals surface area contributed by atoms with Crippen LogP contribution in [0, 0.1) is 6.92 Å². The lowest BCUT2D eigenvalue weighted by Crippen LogP contribution is -2.05. The molecule has 0 aromatic heterocycles. The molecule has 2 rings (SSSR count). The smallest absolute Gasteiger partial charge is 0.118 e. The number of halogens is 2. The van der Waals surface area contributed by atoms with Crippen LogP contribution in [0.2, 0.25) is 5.02 Å². The molecule has 0 saturated heterocycles. The first-order valence-corrected chi connectivity index (χ1v) is 7.59. The Balaban J connectivity index is 1.94. The zero-order valence-corrected chi connectivity index (χ0v) is 13.9. The van der Waals surface area contributed by atoms with Gasteiger partial charge in [-0.3, -0.25) is 0 Å². The molecule has 0 radical (unpaired) electrons. The van der Waals surface area contributed by atoms with Crippen molar-refractivity contribution in [2.24, 2.45) is 0 Å². The molecule has 0 spiro atoms. The van der Waals surface area contributed by atoms with Gasteiger partial charge in [-0.2, -0.15) is 0 Å². The van der Waals surface area contributed by atoms with Crippen molar-refractivity contribution in [2.45, 2.75) is 13.3 Å². The van der Waals surface area contributed by atoms with E-state index >= 15 is 0 Å². The van der Waals surface area contributed by atoms with Crippen molar-refractivity contribution >= 4 is 33.2 Å². The number of ether oxygens (including phenoxy) is 1. The maximum absolute atomic E-state index is 6.14. The van der Waals surface area contributed by atoms with Crippen molar-refractivity contribution in [3.8, 4) is 5.75 Å². The molecular weight excluding hydrogens is 338 g/mol. The van der Waals surface area contributed by atoms with Crippen LogP contribution in [0.4, 0.5) is 5.69 Å². The van der Waals surface area contributed by atoms with Crippen molar-refractivity contribution in [1.29, 1.82) is 0 Å². The van der Waals surface area contributed by atoms with Gasteiger partial charge in [0.2, 0.25) is 0 Å². The summed E-state index contributed by atoms with van der Waals surface area (Å²) in [6, 6.07) is 12.1. The van der Waals surface area contributed by atoms with Crippen molar-refractivity contribution in [3.63, 3.8) is 0 Å². The molecule has 0 aliphatic carbocycles. The highest BCUT2D eigenvalue weighted by Gasteiger charge is 2.04. The van der Waals surface area contributed by atoms with Gasteiger partial charge in [0.15, 0.2) is 0 Å². The number of rotatable bonds is 5. The third-order valence-corrected chi connectivity index (χ3v) is 4.20. The molecule has 0 saturated carbocycles. The SMILES string of the molecule is COc1ccc(CCNc2cc(Cl)c(C)cc2Br)cc1. The molecule has 20 heavy (non-hydrogen) atoms. The normalized spacial score (nSPS) is 10.4. The molecule has 0 heterocycles. The summed E-state index contributed by atoms with van der Waals surface area (Å²) in [7, 11) is 1.68. The summed E-state index contributed by atoms with van der Waals surface area (Å²) in [6.07, 6.45) is 0.946. The van der Waals surface area contributed by atoms with Crippen LogP contribution in [0.1, 0.15) is 11.1 Å². The quantitative estimate of drug-likeness (QED) is 0.809. The molecule has 0 aliphatic heterocycles. The molecular formula is C16H17BrClNO. The van der Waals surface area contributed by atoms with Gasteiger partial charge in [-0.1, -0.05) is 23.7 Å². The number of anilines is 1. The summed E-state index contributed by atoms with van der Waals surface area (Å²) in [6.45, 7) is 2.85. The maximum atomic E-state index is 6.14. The van der Waals surface area contributed by atoms with Crippen molar-refractivity contribution in [1.82, 2.24) is 0 Å². The summed E-state index contributed by atoms with van der Waals surface area (Å²) in [4.78, 5) is 0. The molecule has 2 aromatic carbocycles. The summed E-state index contributed by atoms with van der Waals surface area (Å²) in [5, 5.41) is 4.17. The Labute approximate surface area is 133 Å².